The smallest absolute Gasteiger partial charge is 0.436 e. The lowest BCUT2D eigenvalue weighted by atomic mass is 10.3. The molecule has 0 fully saturated rings. The maximum absolute atomic E-state index is 12.1. The van der Waals surface area contributed by atoms with Gasteiger partial charge in [-0.2, -0.15) is 13.2 Å². The summed E-state index contributed by atoms with van der Waals surface area (Å²) in [5.41, 5.74) is -1.11. The van der Waals surface area contributed by atoms with E-state index in [2.05, 4.69) is 9.40 Å². The highest BCUT2D eigenvalue weighted by atomic mass is 19.4. The molecule has 1 aromatic rings. The molecule has 0 unspecified atom stereocenters. The van der Waals surface area contributed by atoms with Crippen molar-refractivity contribution < 1.29 is 22.4 Å². The molecule has 0 atom stereocenters. The summed E-state index contributed by atoms with van der Waals surface area (Å²) in [4.78, 5) is 13.1. The van der Waals surface area contributed by atoms with Crippen molar-refractivity contribution in [1.29, 1.82) is 0 Å². The van der Waals surface area contributed by atoms with Gasteiger partial charge in [-0.3, -0.25) is 4.79 Å². The van der Waals surface area contributed by atoms with Crippen LogP contribution in [0, 0.1) is 0 Å². The first kappa shape index (κ1) is 9.76. The summed E-state index contributed by atoms with van der Waals surface area (Å²) in [7, 11) is 0. The highest BCUT2D eigenvalue weighted by Gasteiger charge is 2.38. The Bertz CT molecular complexity index is 316. The molecule has 0 radical (unpaired) electrons. The van der Waals surface area contributed by atoms with Gasteiger partial charge in [0.25, 0.3) is 5.89 Å². The van der Waals surface area contributed by atoms with Crippen molar-refractivity contribution in [3.63, 3.8) is 0 Å². The monoisotopic (exact) mass is 193 g/mol. The number of aromatic nitrogens is 1. The van der Waals surface area contributed by atoms with E-state index in [1.807, 2.05) is 0 Å². The number of oxazole rings is 1. The molecule has 3 nitrogen and oxygen atoms in total. The standard InChI is InChI=1S/C7H6F3NO2/c1-2-4-6(7(8,9)10)11-5(3-12)13-4/h3H,2H2,1H3. The van der Waals surface area contributed by atoms with Gasteiger partial charge in [-0.25, -0.2) is 4.98 Å². The SMILES string of the molecule is CCc1oc(C=O)nc1C(F)(F)F. The number of nitrogens with zero attached hydrogens (tertiary/aromatic N) is 1. The Kier molecular flexibility index (Phi) is 2.40. The minimum atomic E-state index is -4.56. The van der Waals surface area contributed by atoms with E-state index >= 15 is 0 Å². The maximum Gasteiger partial charge on any atom is 0.436 e. The highest BCUT2D eigenvalue weighted by molar-refractivity contribution is 5.67. The lowest BCUT2D eigenvalue weighted by Crippen LogP contribution is -2.08. The van der Waals surface area contributed by atoms with Crippen molar-refractivity contribution in [3.8, 4) is 0 Å². The van der Waals surface area contributed by atoms with E-state index in [9.17, 15) is 18.0 Å². The Balaban J connectivity index is 3.19. The Hall–Kier alpha value is -1.33. The Morgan fingerprint density at radius 3 is 2.46 bits per heavy atom. The predicted octanol–water partition coefficient (Wildman–Crippen LogP) is 2.07. The van der Waals surface area contributed by atoms with Gasteiger partial charge in [0, 0.05) is 6.42 Å². The van der Waals surface area contributed by atoms with E-state index in [-0.39, 0.29) is 18.5 Å². The third-order valence-electron chi connectivity index (χ3n) is 1.40. The minimum Gasteiger partial charge on any atom is -0.438 e. The second-order valence-electron chi connectivity index (χ2n) is 2.29. The molecule has 1 heterocycles. The van der Waals surface area contributed by atoms with E-state index in [0.717, 1.165) is 0 Å². The maximum atomic E-state index is 12.1. The fourth-order valence-corrected chi connectivity index (χ4v) is 0.881. The minimum absolute atomic E-state index is 0.0513. The zero-order chi connectivity index (χ0) is 10.1. The first-order valence-electron chi connectivity index (χ1n) is 3.51. The number of aryl methyl sites for hydroxylation is 1. The van der Waals surface area contributed by atoms with E-state index in [1.54, 1.807) is 0 Å². The predicted molar refractivity (Wildman–Crippen MR) is 36.3 cm³/mol. The summed E-state index contributed by atoms with van der Waals surface area (Å²) < 4.78 is 41.0. The number of carbonyl (C=O) groups is 1. The molecule has 0 saturated heterocycles. The summed E-state index contributed by atoms with van der Waals surface area (Å²) in [6.07, 6.45) is -4.36. The van der Waals surface area contributed by atoms with Gasteiger partial charge >= 0.3 is 6.18 Å². The molecule has 0 amide bonds. The number of aldehydes is 1. The van der Waals surface area contributed by atoms with Gasteiger partial charge in [0.15, 0.2) is 5.69 Å². The van der Waals surface area contributed by atoms with Gasteiger partial charge in [0.1, 0.15) is 5.76 Å². The number of hydrogen-bond donors (Lipinski definition) is 0. The van der Waals surface area contributed by atoms with Crippen molar-refractivity contribution in [2.45, 2.75) is 19.5 Å². The Labute approximate surface area is 71.6 Å². The summed E-state index contributed by atoms with van der Waals surface area (Å²) in [6.45, 7) is 1.49. The molecular formula is C7H6F3NO2. The van der Waals surface area contributed by atoms with Crippen LogP contribution in [0.2, 0.25) is 0 Å². The molecule has 0 spiro atoms. The second kappa shape index (κ2) is 3.20. The van der Waals surface area contributed by atoms with Gasteiger partial charge in [0.05, 0.1) is 0 Å². The van der Waals surface area contributed by atoms with Crippen LogP contribution < -0.4 is 0 Å². The Morgan fingerprint density at radius 1 is 1.54 bits per heavy atom. The lowest BCUT2D eigenvalue weighted by Gasteiger charge is -2.01. The molecule has 0 aliphatic carbocycles. The average Bonchev–Trinajstić information content (AvgIpc) is 2.46. The van der Waals surface area contributed by atoms with E-state index < -0.39 is 17.8 Å². The third-order valence-corrected chi connectivity index (χ3v) is 1.40. The van der Waals surface area contributed by atoms with Crippen LogP contribution in [0.3, 0.4) is 0 Å². The fraction of sp³-hybridized carbons (Fsp3) is 0.429. The average molecular weight is 193 g/mol. The molecule has 0 aromatic carbocycles. The fourth-order valence-electron chi connectivity index (χ4n) is 0.881. The molecule has 0 bridgehead atoms. The number of hydrogen-bond acceptors (Lipinski definition) is 3. The molecule has 72 valence electrons. The van der Waals surface area contributed by atoms with Crippen LogP contribution in [0.15, 0.2) is 4.42 Å². The molecule has 0 saturated carbocycles. The lowest BCUT2D eigenvalue weighted by molar-refractivity contribution is -0.141. The van der Waals surface area contributed by atoms with E-state index in [4.69, 9.17) is 0 Å². The van der Waals surface area contributed by atoms with Crippen LogP contribution in [0.25, 0.3) is 0 Å². The molecule has 0 N–H and O–H groups in total. The molecule has 13 heavy (non-hydrogen) atoms. The summed E-state index contributed by atoms with van der Waals surface area (Å²) in [5.74, 6) is -0.848. The topological polar surface area (TPSA) is 43.1 Å². The first-order valence-corrected chi connectivity index (χ1v) is 3.51. The number of halogens is 3. The molecule has 1 aromatic heterocycles. The van der Waals surface area contributed by atoms with Crippen LogP contribution in [-0.2, 0) is 12.6 Å². The normalized spacial score (nSPS) is 11.7. The summed E-state index contributed by atoms with van der Waals surface area (Å²) in [6, 6.07) is 0. The largest absolute Gasteiger partial charge is 0.438 e. The van der Waals surface area contributed by atoms with E-state index in [1.165, 1.54) is 6.92 Å². The van der Waals surface area contributed by atoms with Crippen molar-refractivity contribution in [2.75, 3.05) is 0 Å². The van der Waals surface area contributed by atoms with Gasteiger partial charge in [0.2, 0.25) is 6.29 Å². The van der Waals surface area contributed by atoms with Crippen LogP contribution in [-0.4, -0.2) is 11.3 Å². The quantitative estimate of drug-likeness (QED) is 0.675. The molecule has 0 aliphatic rings. The molecule has 1 rings (SSSR count). The first-order chi connectivity index (χ1) is 5.99. The third kappa shape index (κ3) is 1.88. The number of carbonyl (C=O) groups excluding carboxylic acids is 1. The highest BCUT2D eigenvalue weighted by Crippen LogP contribution is 2.31. The number of rotatable bonds is 2. The second-order valence-corrected chi connectivity index (χ2v) is 2.29. The van der Waals surface area contributed by atoms with Crippen molar-refractivity contribution in [2.24, 2.45) is 0 Å². The van der Waals surface area contributed by atoms with Crippen molar-refractivity contribution >= 4 is 6.29 Å². The van der Waals surface area contributed by atoms with Crippen molar-refractivity contribution in [1.82, 2.24) is 4.98 Å². The molecular weight excluding hydrogens is 187 g/mol. The zero-order valence-corrected chi connectivity index (χ0v) is 6.68. The van der Waals surface area contributed by atoms with Crippen LogP contribution in [0.1, 0.15) is 29.1 Å². The van der Waals surface area contributed by atoms with Crippen LogP contribution >= 0.6 is 0 Å². The van der Waals surface area contributed by atoms with Crippen LogP contribution in [0.5, 0.6) is 0 Å². The van der Waals surface area contributed by atoms with E-state index in [0.29, 0.717) is 0 Å². The molecule has 0 aliphatic heterocycles. The molecule has 6 heteroatoms. The van der Waals surface area contributed by atoms with Crippen molar-refractivity contribution in [3.05, 3.63) is 17.3 Å². The summed E-state index contributed by atoms with van der Waals surface area (Å²) >= 11 is 0. The van der Waals surface area contributed by atoms with Gasteiger partial charge in [-0.15, -0.1) is 0 Å². The van der Waals surface area contributed by atoms with Gasteiger partial charge < -0.3 is 4.42 Å². The van der Waals surface area contributed by atoms with Gasteiger partial charge in [-0.1, -0.05) is 6.92 Å². The van der Waals surface area contributed by atoms with Crippen LogP contribution in [0.4, 0.5) is 13.2 Å². The number of alkyl halides is 3. The van der Waals surface area contributed by atoms with Gasteiger partial charge in [-0.05, 0) is 0 Å². The zero-order valence-electron chi connectivity index (χ0n) is 6.68. The summed E-state index contributed by atoms with van der Waals surface area (Å²) in [5, 5.41) is 0. The Morgan fingerprint density at radius 2 is 2.15 bits per heavy atom.